The summed E-state index contributed by atoms with van der Waals surface area (Å²) in [6.07, 6.45) is 0.0927. The molecule has 6 nitrogen and oxygen atoms in total. The molecule has 0 aliphatic heterocycles. The number of hydrogen-bond acceptors (Lipinski definition) is 6. The van der Waals surface area contributed by atoms with Crippen LogP contribution in [-0.2, 0) is 27.3 Å². The van der Waals surface area contributed by atoms with Crippen LogP contribution in [0.2, 0.25) is 0 Å². The molecule has 0 atom stereocenters. The maximum atomic E-state index is 12.0. The second-order valence-corrected chi connectivity index (χ2v) is 4.91. The lowest BCUT2D eigenvalue weighted by Crippen LogP contribution is -2.09. The van der Waals surface area contributed by atoms with E-state index in [2.05, 4.69) is 4.74 Å². The number of rotatable bonds is 6. The summed E-state index contributed by atoms with van der Waals surface area (Å²) in [7, 11) is 2.82. The highest BCUT2D eigenvalue weighted by Crippen LogP contribution is 2.20. The van der Waals surface area contributed by atoms with Crippen LogP contribution in [0.3, 0.4) is 0 Å². The van der Waals surface area contributed by atoms with Crippen LogP contribution in [0.1, 0.15) is 27.4 Å². The number of esters is 2. The molecule has 1 aromatic carbocycles. The van der Waals surface area contributed by atoms with Crippen molar-refractivity contribution in [2.45, 2.75) is 20.0 Å². The van der Waals surface area contributed by atoms with E-state index in [0.717, 1.165) is 11.1 Å². The van der Waals surface area contributed by atoms with Gasteiger partial charge in [0.2, 0.25) is 5.76 Å². The highest BCUT2D eigenvalue weighted by atomic mass is 16.6. The van der Waals surface area contributed by atoms with Gasteiger partial charge in [-0.15, -0.1) is 0 Å². The molecule has 0 saturated heterocycles. The number of carbonyl (C=O) groups is 2. The number of hydrogen-bond donors (Lipinski definition) is 0. The fourth-order valence-electron chi connectivity index (χ4n) is 2.07. The average Bonchev–Trinajstić information content (AvgIpc) is 3.01. The number of ether oxygens (including phenoxy) is 3. The van der Waals surface area contributed by atoms with E-state index in [1.54, 1.807) is 13.2 Å². The van der Waals surface area contributed by atoms with Crippen molar-refractivity contribution in [2.24, 2.45) is 0 Å². The maximum absolute atomic E-state index is 12.0. The van der Waals surface area contributed by atoms with E-state index in [1.807, 2.05) is 25.1 Å². The fraction of sp³-hybridized carbons (Fsp3) is 0.294. The van der Waals surface area contributed by atoms with E-state index in [9.17, 15) is 9.59 Å². The molecule has 23 heavy (non-hydrogen) atoms. The zero-order chi connectivity index (χ0) is 16.8. The second kappa shape index (κ2) is 7.49. The Morgan fingerprint density at radius 2 is 1.91 bits per heavy atom. The smallest absolute Gasteiger partial charge is 0.373 e. The van der Waals surface area contributed by atoms with Gasteiger partial charge in [0, 0.05) is 5.56 Å². The van der Waals surface area contributed by atoms with Gasteiger partial charge in [0.15, 0.2) is 0 Å². The van der Waals surface area contributed by atoms with Gasteiger partial charge in [-0.05, 0) is 25.1 Å². The lowest BCUT2D eigenvalue weighted by Gasteiger charge is -2.09. The molecular weight excluding hydrogens is 300 g/mol. The molecule has 0 spiro atoms. The van der Waals surface area contributed by atoms with E-state index in [0.29, 0.717) is 11.5 Å². The molecule has 0 amide bonds. The molecule has 0 aliphatic rings. The summed E-state index contributed by atoms with van der Waals surface area (Å²) in [4.78, 5) is 23.2. The molecule has 0 unspecified atom stereocenters. The Labute approximate surface area is 134 Å². The predicted octanol–water partition coefficient (Wildman–Crippen LogP) is 2.67. The van der Waals surface area contributed by atoms with Crippen LogP contribution in [0.25, 0.3) is 0 Å². The van der Waals surface area contributed by atoms with Crippen LogP contribution in [-0.4, -0.2) is 26.2 Å². The van der Waals surface area contributed by atoms with Gasteiger partial charge < -0.3 is 18.6 Å². The van der Waals surface area contributed by atoms with Crippen LogP contribution >= 0.6 is 0 Å². The third-order valence-electron chi connectivity index (χ3n) is 3.19. The predicted molar refractivity (Wildman–Crippen MR) is 81.3 cm³/mol. The van der Waals surface area contributed by atoms with Gasteiger partial charge in [-0.3, -0.25) is 4.79 Å². The van der Waals surface area contributed by atoms with Crippen molar-refractivity contribution in [2.75, 3.05) is 14.2 Å². The average molecular weight is 318 g/mol. The van der Waals surface area contributed by atoms with Gasteiger partial charge in [-0.25, -0.2) is 4.79 Å². The summed E-state index contributed by atoms with van der Waals surface area (Å²) in [5.74, 6) is 0.0874. The fourth-order valence-corrected chi connectivity index (χ4v) is 2.07. The molecular formula is C17H18O6. The standard InChI is InChI=1S/C17H18O6/c1-11-4-6-14(20-2)12(8-11)9-16(18)22-10-13-5-7-15(23-13)17(19)21-3/h4-8H,9-10H2,1-3H3. The first-order valence-corrected chi connectivity index (χ1v) is 6.99. The van der Waals surface area contributed by atoms with E-state index in [4.69, 9.17) is 13.9 Å². The Bertz CT molecular complexity index is 701. The van der Waals surface area contributed by atoms with E-state index in [-0.39, 0.29) is 18.8 Å². The van der Waals surface area contributed by atoms with E-state index >= 15 is 0 Å². The van der Waals surface area contributed by atoms with Gasteiger partial charge >= 0.3 is 11.9 Å². The van der Waals surface area contributed by atoms with Crippen LogP contribution in [0.5, 0.6) is 5.75 Å². The lowest BCUT2D eigenvalue weighted by atomic mass is 10.1. The number of carbonyl (C=O) groups excluding carboxylic acids is 2. The van der Waals surface area contributed by atoms with Crippen LogP contribution in [0.15, 0.2) is 34.7 Å². The van der Waals surface area contributed by atoms with Crippen LogP contribution < -0.4 is 4.74 Å². The highest BCUT2D eigenvalue weighted by Gasteiger charge is 2.14. The number of methoxy groups -OCH3 is 2. The van der Waals surface area contributed by atoms with Crippen molar-refractivity contribution in [3.05, 3.63) is 53.0 Å². The van der Waals surface area contributed by atoms with Crippen molar-refractivity contribution in [3.63, 3.8) is 0 Å². The summed E-state index contributed by atoms with van der Waals surface area (Å²) in [5, 5.41) is 0. The summed E-state index contributed by atoms with van der Waals surface area (Å²) in [6.45, 7) is 1.88. The van der Waals surface area contributed by atoms with Crippen molar-refractivity contribution in [1.29, 1.82) is 0 Å². The van der Waals surface area contributed by atoms with Crippen LogP contribution in [0.4, 0.5) is 0 Å². The first kappa shape index (κ1) is 16.6. The van der Waals surface area contributed by atoms with Gasteiger partial charge in [0.1, 0.15) is 18.1 Å². The molecule has 2 rings (SSSR count). The zero-order valence-electron chi connectivity index (χ0n) is 13.3. The van der Waals surface area contributed by atoms with Gasteiger partial charge in [0.05, 0.1) is 20.6 Å². The van der Waals surface area contributed by atoms with Crippen molar-refractivity contribution in [1.82, 2.24) is 0 Å². The molecule has 2 aromatic rings. The Kier molecular flexibility index (Phi) is 5.41. The van der Waals surface area contributed by atoms with Crippen molar-refractivity contribution < 1.29 is 28.2 Å². The first-order valence-electron chi connectivity index (χ1n) is 6.99. The summed E-state index contributed by atoms with van der Waals surface area (Å²) >= 11 is 0. The molecule has 1 heterocycles. The molecule has 0 bridgehead atoms. The zero-order valence-corrected chi connectivity index (χ0v) is 13.3. The highest BCUT2D eigenvalue weighted by molar-refractivity contribution is 5.86. The molecule has 0 radical (unpaired) electrons. The molecule has 6 heteroatoms. The lowest BCUT2D eigenvalue weighted by molar-refractivity contribution is -0.144. The second-order valence-electron chi connectivity index (χ2n) is 4.91. The molecule has 1 aromatic heterocycles. The summed E-state index contributed by atoms with van der Waals surface area (Å²) in [5.41, 5.74) is 1.79. The SMILES string of the molecule is COC(=O)c1ccc(COC(=O)Cc2cc(C)ccc2OC)o1. The number of benzene rings is 1. The molecule has 122 valence electrons. The number of aryl methyl sites for hydroxylation is 1. The summed E-state index contributed by atoms with van der Waals surface area (Å²) < 4.78 is 20.1. The normalized spacial score (nSPS) is 10.2. The minimum absolute atomic E-state index is 0.0516. The minimum Gasteiger partial charge on any atom is -0.496 e. The minimum atomic E-state index is -0.577. The topological polar surface area (TPSA) is 75.0 Å². The molecule has 0 N–H and O–H groups in total. The number of furan rings is 1. The van der Waals surface area contributed by atoms with Gasteiger partial charge in [-0.2, -0.15) is 0 Å². The van der Waals surface area contributed by atoms with Crippen molar-refractivity contribution >= 4 is 11.9 Å². The third kappa shape index (κ3) is 4.35. The monoisotopic (exact) mass is 318 g/mol. The Hall–Kier alpha value is -2.76. The third-order valence-corrected chi connectivity index (χ3v) is 3.19. The van der Waals surface area contributed by atoms with Crippen molar-refractivity contribution in [3.8, 4) is 5.75 Å². The molecule has 0 aliphatic carbocycles. The molecule has 0 saturated carbocycles. The quantitative estimate of drug-likeness (QED) is 0.762. The largest absolute Gasteiger partial charge is 0.496 e. The Morgan fingerprint density at radius 3 is 2.61 bits per heavy atom. The van der Waals surface area contributed by atoms with E-state index in [1.165, 1.54) is 13.2 Å². The van der Waals surface area contributed by atoms with Crippen LogP contribution in [0, 0.1) is 6.92 Å². The molecule has 0 fully saturated rings. The Balaban J connectivity index is 1.94. The van der Waals surface area contributed by atoms with Gasteiger partial charge in [0.25, 0.3) is 0 Å². The Morgan fingerprint density at radius 1 is 1.13 bits per heavy atom. The summed E-state index contributed by atoms with van der Waals surface area (Å²) in [6, 6.07) is 8.63. The van der Waals surface area contributed by atoms with Gasteiger partial charge in [-0.1, -0.05) is 17.7 Å². The maximum Gasteiger partial charge on any atom is 0.373 e. The first-order chi connectivity index (χ1) is 11.0. The van der Waals surface area contributed by atoms with E-state index < -0.39 is 11.9 Å².